The quantitative estimate of drug-likeness (QED) is 0.332. The monoisotopic (exact) mass is 490 g/mol. The number of benzene rings is 3. The average Bonchev–Trinajstić information content (AvgIpc) is 2.85. The van der Waals surface area contributed by atoms with E-state index in [1.54, 1.807) is 30.0 Å². The van der Waals surface area contributed by atoms with Crippen LogP contribution in [0.25, 0.3) is 0 Å². The predicted molar refractivity (Wildman–Crippen MR) is 134 cm³/mol. The second-order valence-electron chi connectivity index (χ2n) is 7.46. The van der Waals surface area contributed by atoms with Gasteiger partial charge in [0.25, 0.3) is 15.9 Å². The number of nitrogens with one attached hydrogen (secondary N) is 2. The van der Waals surface area contributed by atoms with Crippen molar-refractivity contribution in [3.05, 3.63) is 108 Å². The molecule has 0 fully saturated rings. The zero-order valence-corrected chi connectivity index (χ0v) is 19.9. The van der Waals surface area contributed by atoms with Crippen LogP contribution in [0.5, 0.6) is 0 Å². The van der Waals surface area contributed by atoms with Crippen LogP contribution in [0.2, 0.25) is 0 Å². The third-order valence-electron chi connectivity index (χ3n) is 4.86. The van der Waals surface area contributed by atoms with Gasteiger partial charge in [0, 0.05) is 34.3 Å². The summed E-state index contributed by atoms with van der Waals surface area (Å²) in [5.41, 5.74) is 3.35. The normalized spacial score (nSPS) is 11.1. The van der Waals surface area contributed by atoms with Gasteiger partial charge in [-0.05, 0) is 67.1 Å². The van der Waals surface area contributed by atoms with Crippen LogP contribution < -0.4 is 10.0 Å². The van der Waals surface area contributed by atoms with Crippen molar-refractivity contribution in [3.8, 4) is 0 Å². The molecule has 2 N–H and O–H groups in total. The topological polar surface area (TPSA) is 101 Å². The van der Waals surface area contributed by atoms with Crippen LogP contribution >= 0.6 is 11.8 Å². The zero-order valence-electron chi connectivity index (χ0n) is 18.3. The van der Waals surface area contributed by atoms with E-state index in [0.29, 0.717) is 11.3 Å². The van der Waals surface area contributed by atoms with Crippen LogP contribution in [0.1, 0.15) is 21.5 Å². The van der Waals surface area contributed by atoms with Crippen molar-refractivity contribution >= 4 is 39.3 Å². The van der Waals surface area contributed by atoms with Gasteiger partial charge in [-0.15, -0.1) is 11.8 Å². The summed E-state index contributed by atoms with van der Waals surface area (Å²) in [6, 6.07) is 23.3. The number of aryl methyl sites for hydroxylation is 1. The fourth-order valence-corrected chi connectivity index (χ4v) is 4.82. The molecule has 0 aliphatic heterocycles. The maximum Gasteiger partial charge on any atom is 0.264 e. The van der Waals surface area contributed by atoms with Crippen LogP contribution in [0.3, 0.4) is 0 Å². The molecule has 0 radical (unpaired) electrons. The van der Waals surface area contributed by atoms with E-state index in [1.807, 2.05) is 12.1 Å². The van der Waals surface area contributed by atoms with E-state index in [1.165, 1.54) is 47.1 Å². The molecule has 1 heterocycles. The molecule has 0 saturated carbocycles. The van der Waals surface area contributed by atoms with Crippen LogP contribution in [-0.4, -0.2) is 24.3 Å². The molecule has 4 aromatic rings. The smallest absolute Gasteiger partial charge is 0.264 e. The van der Waals surface area contributed by atoms with E-state index >= 15 is 0 Å². The molecule has 0 aliphatic rings. The third-order valence-corrected chi connectivity index (χ3v) is 7.28. The minimum absolute atomic E-state index is 0.0133. The van der Waals surface area contributed by atoms with Crippen molar-refractivity contribution in [1.82, 2.24) is 9.97 Å². The van der Waals surface area contributed by atoms with Gasteiger partial charge in [0.05, 0.1) is 4.90 Å². The van der Waals surface area contributed by atoms with Crippen molar-refractivity contribution in [2.75, 3.05) is 10.0 Å². The number of hydrogen-bond acceptors (Lipinski definition) is 6. The Kier molecular flexibility index (Phi) is 7.24. The Labute approximate surface area is 202 Å². The summed E-state index contributed by atoms with van der Waals surface area (Å²) in [5, 5.41) is 2.79. The summed E-state index contributed by atoms with van der Waals surface area (Å²) in [5.74, 6) is 0.521. The van der Waals surface area contributed by atoms with Crippen molar-refractivity contribution in [3.63, 3.8) is 0 Å². The maximum atomic E-state index is 12.6. The zero-order chi connectivity index (χ0) is 24.0. The Morgan fingerprint density at radius 3 is 2.18 bits per heavy atom. The molecule has 0 bridgehead atoms. The number of sulfonamides is 1. The molecule has 0 spiro atoms. The van der Waals surface area contributed by atoms with Gasteiger partial charge in [-0.25, -0.2) is 23.1 Å². The number of carbonyl (C=O) groups excluding carboxylic acids is 1. The highest BCUT2D eigenvalue weighted by Crippen LogP contribution is 2.23. The van der Waals surface area contributed by atoms with Crippen LogP contribution in [0.4, 0.5) is 11.6 Å². The second kappa shape index (κ2) is 10.5. The molecule has 34 heavy (non-hydrogen) atoms. The van der Waals surface area contributed by atoms with Crippen LogP contribution in [-0.2, 0) is 15.8 Å². The van der Waals surface area contributed by atoms with Crippen LogP contribution in [0.15, 0.2) is 101 Å². The van der Waals surface area contributed by atoms with E-state index in [9.17, 15) is 13.2 Å². The molecule has 0 atom stereocenters. The van der Waals surface area contributed by atoms with Gasteiger partial charge in [-0.2, -0.15) is 0 Å². The second-order valence-corrected chi connectivity index (χ2v) is 10.2. The summed E-state index contributed by atoms with van der Waals surface area (Å²) in [7, 11) is -3.83. The van der Waals surface area contributed by atoms with Crippen molar-refractivity contribution < 1.29 is 13.2 Å². The van der Waals surface area contributed by atoms with Crippen molar-refractivity contribution in [1.29, 1.82) is 0 Å². The van der Waals surface area contributed by atoms with Gasteiger partial charge in [-0.3, -0.25) is 4.79 Å². The van der Waals surface area contributed by atoms with Crippen LogP contribution in [0, 0.1) is 6.92 Å². The number of rotatable bonds is 8. The van der Waals surface area contributed by atoms with E-state index in [-0.39, 0.29) is 16.8 Å². The van der Waals surface area contributed by atoms with Gasteiger partial charge in [-0.1, -0.05) is 29.8 Å². The fourth-order valence-electron chi connectivity index (χ4n) is 3.01. The van der Waals surface area contributed by atoms with E-state index in [4.69, 9.17) is 0 Å². The van der Waals surface area contributed by atoms with Gasteiger partial charge >= 0.3 is 0 Å². The highest BCUT2D eigenvalue weighted by atomic mass is 32.2. The van der Waals surface area contributed by atoms with Gasteiger partial charge in [0.15, 0.2) is 0 Å². The lowest BCUT2D eigenvalue weighted by Gasteiger charge is -2.09. The van der Waals surface area contributed by atoms with Gasteiger partial charge in [0.2, 0.25) is 5.95 Å². The molecule has 3 aromatic carbocycles. The summed E-state index contributed by atoms with van der Waals surface area (Å²) >= 11 is 1.74. The van der Waals surface area contributed by atoms with E-state index in [2.05, 4.69) is 51.2 Å². The van der Waals surface area contributed by atoms with E-state index < -0.39 is 10.0 Å². The molecule has 1 amide bonds. The standard InChI is InChI=1S/C25H22N4O3S2/c1-18-3-11-22(12-4-18)33-17-19-5-7-20(8-6-19)24(30)28-21-9-13-23(14-10-21)34(31,32)29-25-26-15-2-16-27-25/h2-16H,17H2,1H3,(H,28,30)(H,26,27,29). The number of aromatic nitrogens is 2. The number of amides is 1. The number of carbonyl (C=O) groups is 1. The Morgan fingerprint density at radius 1 is 0.882 bits per heavy atom. The first-order chi connectivity index (χ1) is 16.4. The number of anilines is 2. The molecule has 1 aromatic heterocycles. The SMILES string of the molecule is Cc1ccc(SCc2ccc(C(=O)Nc3ccc(S(=O)(=O)Nc4ncccn4)cc3)cc2)cc1. The Balaban J connectivity index is 1.34. The third kappa shape index (κ3) is 6.21. The predicted octanol–water partition coefficient (Wildman–Crippen LogP) is 5.13. The van der Waals surface area contributed by atoms with Gasteiger partial charge in [0.1, 0.15) is 0 Å². The average molecular weight is 491 g/mol. The first-order valence-electron chi connectivity index (χ1n) is 10.4. The number of nitrogens with zero attached hydrogens (tertiary/aromatic N) is 2. The molecular weight excluding hydrogens is 468 g/mol. The number of hydrogen-bond donors (Lipinski definition) is 2. The Bertz CT molecular complexity index is 1360. The highest BCUT2D eigenvalue weighted by Gasteiger charge is 2.15. The summed E-state index contributed by atoms with van der Waals surface area (Å²) in [4.78, 5) is 21.5. The Morgan fingerprint density at radius 2 is 1.53 bits per heavy atom. The largest absolute Gasteiger partial charge is 0.322 e. The lowest BCUT2D eigenvalue weighted by Crippen LogP contribution is -2.15. The lowest BCUT2D eigenvalue weighted by molar-refractivity contribution is 0.102. The first-order valence-corrected chi connectivity index (χ1v) is 12.9. The van der Waals surface area contributed by atoms with Crippen molar-refractivity contribution in [2.45, 2.75) is 22.5 Å². The van der Waals surface area contributed by atoms with Crippen molar-refractivity contribution in [2.24, 2.45) is 0 Å². The molecule has 172 valence electrons. The minimum atomic E-state index is -3.83. The molecule has 0 aliphatic carbocycles. The number of thioether (sulfide) groups is 1. The van der Waals surface area contributed by atoms with Gasteiger partial charge < -0.3 is 5.32 Å². The molecule has 9 heteroatoms. The molecule has 0 saturated heterocycles. The highest BCUT2D eigenvalue weighted by molar-refractivity contribution is 7.98. The maximum absolute atomic E-state index is 12.6. The Hall–Kier alpha value is -3.69. The lowest BCUT2D eigenvalue weighted by atomic mass is 10.1. The minimum Gasteiger partial charge on any atom is -0.322 e. The molecule has 7 nitrogen and oxygen atoms in total. The molecule has 4 rings (SSSR count). The molecule has 0 unspecified atom stereocenters. The van der Waals surface area contributed by atoms with E-state index in [0.717, 1.165) is 11.3 Å². The summed E-state index contributed by atoms with van der Waals surface area (Å²) in [6.45, 7) is 2.06. The summed E-state index contributed by atoms with van der Waals surface area (Å²) in [6.07, 6.45) is 2.89. The summed E-state index contributed by atoms with van der Waals surface area (Å²) < 4.78 is 27.2. The first kappa shape index (κ1) is 23.5. The fraction of sp³-hybridized carbons (Fsp3) is 0.0800. The molecular formula is C25H22N4O3S2.